The molecule has 0 aliphatic heterocycles. The molecule has 2 N–H and O–H groups in total. The second-order valence-corrected chi connectivity index (χ2v) is 7.57. The lowest BCUT2D eigenvalue weighted by Gasteiger charge is -2.18. The Morgan fingerprint density at radius 3 is 2.74 bits per heavy atom. The molecular formula is C19H19FN2O4S. The van der Waals surface area contributed by atoms with Gasteiger partial charge in [0.2, 0.25) is 0 Å². The van der Waals surface area contributed by atoms with Crippen molar-refractivity contribution in [2.45, 2.75) is 26.2 Å². The quantitative estimate of drug-likeness (QED) is 0.836. The molecule has 8 heteroatoms. The minimum Gasteiger partial charge on any atom is -0.453 e. The topological polar surface area (TPSA) is 84.5 Å². The van der Waals surface area contributed by atoms with E-state index in [0.29, 0.717) is 17.3 Å². The lowest BCUT2D eigenvalue weighted by atomic mass is 9.88. The Morgan fingerprint density at radius 2 is 2.04 bits per heavy atom. The van der Waals surface area contributed by atoms with Gasteiger partial charge >= 0.3 is 6.09 Å². The molecule has 1 aromatic heterocycles. The monoisotopic (exact) mass is 390 g/mol. The molecule has 1 aromatic carbocycles. The number of nitrogens with one attached hydrogen (secondary N) is 2. The van der Waals surface area contributed by atoms with E-state index in [0.717, 1.165) is 29.3 Å². The second-order valence-electron chi connectivity index (χ2n) is 6.47. The average Bonchev–Trinajstić information content (AvgIpc) is 2.98. The molecule has 0 saturated carbocycles. The molecule has 3 rings (SSSR count). The van der Waals surface area contributed by atoms with E-state index in [9.17, 15) is 18.8 Å². The fourth-order valence-electron chi connectivity index (χ4n) is 3.09. The first kappa shape index (κ1) is 19.0. The van der Waals surface area contributed by atoms with Gasteiger partial charge in [-0.25, -0.2) is 9.18 Å². The molecule has 6 nitrogen and oxygen atoms in total. The summed E-state index contributed by atoms with van der Waals surface area (Å²) in [6.45, 7) is 2.13. The third-order valence-electron chi connectivity index (χ3n) is 4.45. The van der Waals surface area contributed by atoms with Crippen LogP contribution in [0.4, 0.5) is 14.2 Å². The maximum Gasteiger partial charge on any atom is 0.413 e. The summed E-state index contributed by atoms with van der Waals surface area (Å²) in [5.74, 6) is -1.19. The van der Waals surface area contributed by atoms with Crippen LogP contribution in [0.5, 0.6) is 0 Å². The molecule has 27 heavy (non-hydrogen) atoms. The largest absolute Gasteiger partial charge is 0.453 e. The van der Waals surface area contributed by atoms with Crippen LogP contribution in [0.1, 0.15) is 44.5 Å². The third-order valence-corrected chi connectivity index (χ3v) is 5.62. The standard InChI is InChI=1S/C19H19FN2O4S/c1-10-6-7-13-14(8-10)27-18(15(13)17(24)22-19(25)26-2)21-16(23)11-4-3-5-12(20)9-11/h3-5,9-10H,6-8H2,1-2H3,(H,21,23)(H,22,24,25)/t10-/m0/s1. The number of amides is 3. The van der Waals surface area contributed by atoms with Crippen molar-refractivity contribution in [1.82, 2.24) is 5.32 Å². The van der Waals surface area contributed by atoms with Crippen LogP contribution in [-0.4, -0.2) is 25.0 Å². The zero-order chi connectivity index (χ0) is 19.6. The molecule has 142 valence electrons. The summed E-state index contributed by atoms with van der Waals surface area (Å²) in [5.41, 5.74) is 1.26. The molecule has 0 bridgehead atoms. The number of carbonyl (C=O) groups is 3. The van der Waals surface area contributed by atoms with Gasteiger partial charge in [0.15, 0.2) is 0 Å². The van der Waals surface area contributed by atoms with Crippen LogP contribution >= 0.6 is 11.3 Å². The molecule has 0 saturated heterocycles. The van der Waals surface area contributed by atoms with E-state index in [1.54, 1.807) is 0 Å². The zero-order valence-corrected chi connectivity index (χ0v) is 15.7. The molecule has 1 atom stereocenters. The Labute approximate surface area is 159 Å². The molecule has 2 aromatic rings. The molecule has 3 amide bonds. The van der Waals surface area contributed by atoms with Crippen LogP contribution in [0.15, 0.2) is 24.3 Å². The van der Waals surface area contributed by atoms with Gasteiger partial charge in [0.25, 0.3) is 11.8 Å². The Hall–Kier alpha value is -2.74. The summed E-state index contributed by atoms with van der Waals surface area (Å²) in [6.07, 6.45) is 1.53. The van der Waals surface area contributed by atoms with Gasteiger partial charge in [-0.2, -0.15) is 0 Å². The van der Waals surface area contributed by atoms with Crippen LogP contribution in [0.3, 0.4) is 0 Å². The summed E-state index contributed by atoms with van der Waals surface area (Å²) in [4.78, 5) is 37.6. The van der Waals surface area contributed by atoms with Gasteiger partial charge < -0.3 is 10.1 Å². The maximum atomic E-state index is 13.4. The van der Waals surface area contributed by atoms with E-state index in [1.807, 2.05) is 0 Å². The summed E-state index contributed by atoms with van der Waals surface area (Å²) in [6, 6.07) is 5.30. The van der Waals surface area contributed by atoms with Crippen molar-refractivity contribution in [2.24, 2.45) is 5.92 Å². The zero-order valence-electron chi connectivity index (χ0n) is 14.9. The Kier molecular flexibility index (Phi) is 5.55. The van der Waals surface area contributed by atoms with Crippen molar-refractivity contribution >= 4 is 34.2 Å². The fourth-order valence-corrected chi connectivity index (χ4v) is 4.49. The number of alkyl carbamates (subject to hydrolysis) is 1. The number of imide groups is 1. The maximum absolute atomic E-state index is 13.4. The number of thiophene rings is 1. The Morgan fingerprint density at radius 1 is 1.26 bits per heavy atom. The average molecular weight is 390 g/mol. The van der Waals surface area contributed by atoms with E-state index in [-0.39, 0.29) is 11.1 Å². The van der Waals surface area contributed by atoms with Gasteiger partial charge in [-0.15, -0.1) is 11.3 Å². The summed E-state index contributed by atoms with van der Waals surface area (Å²) in [5, 5.41) is 5.20. The van der Waals surface area contributed by atoms with E-state index in [2.05, 4.69) is 22.3 Å². The molecule has 1 heterocycles. The van der Waals surface area contributed by atoms with Gasteiger partial charge in [-0.05, 0) is 48.9 Å². The smallest absolute Gasteiger partial charge is 0.413 e. The van der Waals surface area contributed by atoms with Crippen molar-refractivity contribution in [3.05, 3.63) is 51.7 Å². The number of ether oxygens (including phenoxy) is 1. The minimum absolute atomic E-state index is 0.147. The first-order valence-electron chi connectivity index (χ1n) is 8.49. The number of benzene rings is 1. The van der Waals surface area contributed by atoms with Gasteiger partial charge in [-0.1, -0.05) is 13.0 Å². The predicted octanol–water partition coefficient (Wildman–Crippen LogP) is 3.76. The van der Waals surface area contributed by atoms with Crippen molar-refractivity contribution in [3.8, 4) is 0 Å². The molecule has 1 aliphatic carbocycles. The van der Waals surface area contributed by atoms with Gasteiger partial charge in [0.05, 0.1) is 12.7 Å². The fraction of sp³-hybridized carbons (Fsp3) is 0.316. The van der Waals surface area contributed by atoms with Crippen molar-refractivity contribution in [1.29, 1.82) is 0 Å². The minimum atomic E-state index is -0.869. The highest BCUT2D eigenvalue weighted by atomic mass is 32.1. The molecule has 1 aliphatic rings. The molecular weight excluding hydrogens is 371 g/mol. The lowest BCUT2D eigenvalue weighted by Crippen LogP contribution is -2.31. The van der Waals surface area contributed by atoms with Crippen molar-refractivity contribution in [3.63, 3.8) is 0 Å². The van der Waals surface area contributed by atoms with Gasteiger partial charge in [0, 0.05) is 10.4 Å². The van der Waals surface area contributed by atoms with Crippen LogP contribution < -0.4 is 10.6 Å². The second kappa shape index (κ2) is 7.87. The van der Waals surface area contributed by atoms with Gasteiger partial charge in [0.1, 0.15) is 10.8 Å². The van der Waals surface area contributed by atoms with Crippen LogP contribution in [0.25, 0.3) is 0 Å². The van der Waals surface area contributed by atoms with Crippen molar-refractivity contribution < 1.29 is 23.5 Å². The number of hydrogen-bond donors (Lipinski definition) is 2. The summed E-state index contributed by atoms with van der Waals surface area (Å²) < 4.78 is 17.9. The third kappa shape index (κ3) is 4.16. The Bertz CT molecular complexity index is 909. The highest BCUT2D eigenvalue weighted by Gasteiger charge is 2.29. The van der Waals surface area contributed by atoms with E-state index < -0.39 is 23.7 Å². The highest BCUT2D eigenvalue weighted by molar-refractivity contribution is 7.17. The van der Waals surface area contributed by atoms with Crippen molar-refractivity contribution in [2.75, 3.05) is 12.4 Å². The molecule has 0 fully saturated rings. The number of carbonyl (C=O) groups excluding carboxylic acids is 3. The summed E-state index contributed by atoms with van der Waals surface area (Å²) >= 11 is 1.32. The van der Waals surface area contributed by atoms with Gasteiger partial charge in [-0.3, -0.25) is 14.9 Å². The van der Waals surface area contributed by atoms with E-state index in [4.69, 9.17) is 0 Å². The number of methoxy groups -OCH3 is 1. The molecule has 0 radical (unpaired) electrons. The number of hydrogen-bond acceptors (Lipinski definition) is 5. The highest BCUT2D eigenvalue weighted by Crippen LogP contribution is 2.39. The molecule has 0 spiro atoms. The van der Waals surface area contributed by atoms with Crippen LogP contribution in [-0.2, 0) is 17.6 Å². The van der Waals surface area contributed by atoms with Crippen LogP contribution in [0, 0.1) is 11.7 Å². The SMILES string of the molecule is COC(=O)NC(=O)c1c(NC(=O)c2cccc(F)c2)sc2c1CC[C@H](C)C2. The van der Waals surface area contributed by atoms with E-state index >= 15 is 0 Å². The van der Waals surface area contributed by atoms with E-state index in [1.165, 1.54) is 36.6 Å². The summed E-state index contributed by atoms with van der Waals surface area (Å²) in [7, 11) is 1.17. The number of fused-ring (bicyclic) bond motifs is 1. The normalized spacial score (nSPS) is 15.6. The number of halogens is 1. The Balaban J connectivity index is 1.95. The number of anilines is 1. The van der Waals surface area contributed by atoms with Crippen LogP contribution in [0.2, 0.25) is 0 Å². The first-order valence-corrected chi connectivity index (χ1v) is 9.31. The molecule has 0 unspecified atom stereocenters. The first-order chi connectivity index (χ1) is 12.9. The number of rotatable bonds is 3. The lowest BCUT2D eigenvalue weighted by molar-refractivity contribution is 0.0937. The predicted molar refractivity (Wildman–Crippen MR) is 99.7 cm³/mol.